The predicted molar refractivity (Wildman–Crippen MR) is 116 cm³/mol. The molecule has 0 bridgehead atoms. The van der Waals surface area contributed by atoms with Gasteiger partial charge < -0.3 is 10.1 Å². The van der Waals surface area contributed by atoms with Crippen LogP contribution in [-0.4, -0.2) is 28.6 Å². The van der Waals surface area contributed by atoms with Crippen LogP contribution >= 0.6 is 0 Å². The second-order valence-electron chi connectivity index (χ2n) is 7.72. The molecule has 3 aromatic rings. The lowest BCUT2D eigenvalue weighted by atomic mass is 9.77. The molecule has 156 valence electrons. The number of ether oxygens (including phenoxy) is 1. The van der Waals surface area contributed by atoms with E-state index >= 15 is 0 Å². The maximum Gasteiger partial charge on any atom is 0.337 e. The third-order valence-corrected chi connectivity index (χ3v) is 5.92. The lowest BCUT2D eigenvalue weighted by Crippen LogP contribution is -2.29. The smallest absolute Gasteiger partial charge is 0.337 e. The van der Waals surface area contributed by atoms with Crippen molar-refractivity contribution in [3.05, 3.63) is 92.9 Å². The highest BCUT2D eigenvalue weighted by Crippen LogP contribution is 2.43. The number of hydrogen-bond donors (Lipinski definition) is 2. The Hall–Kier alpha value is -3.87. The number of hydrogen-bond acceptors (Lipinski definition) is 5. The average molecular weight is 415 g/mol. The number of methoxy groups -OCH3 is 1. The van der Waals surface area contributed by atoms with Gasteiger partial charge in [-0.25, -0.2) is 9.48 Å². The summed E-state index contributed by atoms with van der Waals surface area (Å²) in [6.07, 6.45) is 1.98. The summed E-state index contributed by atoms with van der Waals surface area (Å²) in [6.45, 7) is 0. The number of aromatic nitrogens is 2. The van der Waals surface area contributed by atoms with E-state index in [9.17, 15) is 14.4 Å². The van der Waals surface area contributed by atoms with Crippen LogP contribution in [0.25, 0.3) is 5.69 Å². The van der Waals surface area contributed by atoms with Crippen molar-refractivity contribution in [3.63, 3.8) is 0 Å². The van der Waals surface area contributed by atoms with Crippen molar-refractivity contribution in [2.45, 2.75) is 25.2 Å². The first kappa shape index (κ1) is 19.1. The second-order valence-corrected chi connectivity index (χ2v) is 7.72. The van der Waals surface area contributed by atoms with Crippen LogP contribution < -0.4 is 10.9 Å². The van der Waals surface area contributed by atoms with Crippen LogP contribution in [0.4, 0.5) is 5.82 Å². The largest absolute Gasteiger partial charge is 0.465 e. The van der Waals surface area contributed by atoms with Crippen LogP contribution in [-0.2, 0) is 9.53 Å². The monoisotopic (exact) mass is 415 g/mol. The van der Waals surface area contributed by atoms with Gasteiger partial charge in [0.15, 0.2) is 5.78 Å². The van der Waals surface area contributed by atoms with E-state index in [-0.39, 0.29) is 11.3 Å². The summed E-state index contributed by atoms with van der Waals surface area (Å²) in [6, 6.07) is 16.2. The number of benzene rings is 2. The molecule has 2 aliphatic rings. The maximum absolute atomic E-state index is 13.5. The molecule has 1 aliphatic heterocycles. The van der Waals surface area contributed by atoms with Crippen molar-refractivity contribution >= 4 is 17.6 Å². The van der Waals surface area contributed by atoms with Gasteiger partial charge in [-0.1, -0.05) is 30.3 Å². The number of Topliss-reactive ketones (excluding diaryl/α,β-unsaturated/α-hetero) is 1. The SMILES string of the molecule is COC(=O)c1ccc([C@@H]2C3=C(CCCC3=O)Nc3[nH]n(-c4ccccc4)c(=O)c32)cc1. The highest BCUT2D eigenvalue weighted by molar-refractivity contribution is 6.01. The number of allylic oxidation sites excluding steroid dienone is 2. The molecule has 1 aromatic heterocycles. The Morgan fingerprint density at radius 1 is 1.03 bits per heavy atom. The summed E-state index contributed by atoms with van der Waals surface area (Å²) < 4.78 is 6.28. The maximum atomic E-state index is 13.5. The third-order valence-electron chi connectivity index (χ3n) is 5.92. The molecule has 7 heteroatoms. The van der Waals surface area contributed by atoms with E-state index in [0.717, 1.165) is 24.1 Å². The summed E-state index contributed by atoms with van der Waals surface area (Å²) >= 11 is 0. The van der Waals surface area contributed by atoms with E-state index in [1.165, 1.54) is 11.8 Å². The van der Waals surface area contributed by atoms with Crippen LogP contribution in [0.5, 0.6) is 0 Å². The first-order valence-electron chi connectivity index (χ1n) is 10.2. The number of esters is 1. The molecular weight excluding hydrogens is 394 g/mol. The molecule has 1 aliphatic carbocycles. The third kappa shape index (κ3) is 3.09. The Morgan fingerprint density at radius 2 is 1.77 bits per heavy atom. The number of para-hydroxylation sites is 1. The summed E-state index contributed by atoms with van der Waals surface area (Å²) in [4.78, 5) is 38.3. The number of rotatable bonds is 3. The molecule has 0 spiro atoms. The quantitative estimate of drug-likeness (QED) is 0.639. The Balaban J connectivity index is 1.69. The summed E-state index contributed by atoms with van der Waals surface area (Å²) in [7, 11) is 1.33. The van der Waals surface area contributed by atoms with E-state index in [2.05, 4.69) is 10.4 Å². The van der Waals surface area contributed by atoms with E-state index in [4.69, 9.17) is 4.74 Å². The van der Waals surface area contributed by atoms with Gasteiger partial charge in [0.2, 0.25) is 0 Å². The van der Waals surface area contributed by atoms with Crippen molar-refractivity contribution in [1.29, 1.82) is 0 Å². The number of aromatic amines is 1. The first-order chi connectivity index (χ1) is 15.1. The topological polar surface area (TPSA) is 93.2 Å². The minimum Gasteiger partial charge on any atom is -0.465 e. The second kappa shape index (κ2) is 7.43. The fourth-order valence-corrected chi connectivity index (χ4v) is 4.46. The molecule has 0 amide bonds. The summed E-state index contributed by atoms with van der Waals surface area (Å²) in [5.74, 6) is -0.281. The summed E-state index contributed by atoms with van der Waals surface area (Å²) in [5.41, 5.74) is 3.71. The van der Waals surface area contributed by atoms with Crippen molar-refractivity contribution in [2.24, 2.45) is 0 Å². The Morgan fingerprint density at radius 3 is 2.48 bits per heavy atom. The molecule has 0 fully saturated rings. The minimum atomic E-state index is -0.501. The lowest BCUT2D eigenvalue weighted by molar-refractivity contribution is -0.116. The molecule has 31 heavy (non-hydrogen) atoms. The van der Waals surface area contributed by atoms with Gasteiger partial charge in [-0.15, -0.1) is 0 Å². The normalized spacial score (nSPS) is 17.6. The van der Waals surface area contributed by atoms with Crippen LogP contribution in [0.3, 0.4) is 0 Å². The van der Waals surface area contributed by atoms with Gasteiger partial charge in [0, 0.05) is 23.6 Å². The van der Waals surface area contributed by atoms with Gasteiger partial charge in [0.1, 0.15) is 5.82 Å². The first-order valence-corrected chi connectivity index (χ1v) is 10.2. The van der Waals surface area contributed by atoms with Gasteiger partial charge in [0.25, 0.3) is 5.56 Å². The zero-order chi connectivity index (χ0) is 21.5. The minimum absolute atomic E-state index is 0.0494. The van der Waals surface area contributed by atoms with Crippen LogP contribution in [0.1, 0.15) is 46.7 Å². The van der Waals surface area contributed by atoms with E-state index in [1.54, 1.807) is 24.3 Å². The Bertz CT molecular complexity index is 1270. The average Bonchev–Trinajstić information content (AvgIpc) is 3.14. The van der Waals surface area contributed by atoms with Crippen molar-refractivity contribution in [1.82, 2.24) is 9.78 Å². The molecule has 5 rings (SSSR count). The fraction of sp³-hybridized carbons (Fsp3) is 0.208. The molecule has 0 unspecified atom stereocenters. The van der Waals surface area contributed by atoms with E-state index in [1.807, 2.05) is 30.3 Å². The Labute approximate surface area is 178 Å². The molecule has 7 nitrogen and oxygen atoms in total. The van der Waals surface area contributed by atoms with Crippen LogP contribution in [0, 0.1) is 0 Å². The number of nitrogens with zero attached hydrogens (tertiary/aromatic N) is 1. The molecule has 0 radical (unpaired) electrons. The fourth-order valence-electron chi connectivity index (χ4n) is 4.46. The molecule has 2 N–H and O–H groups in total. The number of carbonyl (C=O) groups excluding carboxylic acids is 2. The highest BCUT2D eigenvalue weighted by atomic mass is 16.5. The number of H-pyrrole nitrogens is 1. The van der Waals surface area contributed by atoms with Gasteiger partial charge >= 0.3 is 5.97 Å². The van der Waals surface area contributed by atoms with Crippen molar-refractivity contribution < 1.29 is 14.3 Å². The molecule has 0 saturated heterocycles. The summed E-state index contributed by atoms with van der Waals surface area (Å²) in [5, 5.41) is 6.49. The standard InChI is InChI=1S/C24H21N3O4/c1-31-24(30)15-12-10-14(11-13-15)19-20-17(8-5-9-18(20)28)25-22-21(19)23(29)27(26-22)16-6-3-2-4-7-16/h2-4,6-7,10-13,19,25-26H,5,8-9H2,1H3/t19-/m1/s1. The molecular formula is C24H21N3O4. The van der Waals surface area contributed by atoms with Crippen LogP contribution in [0.2, 0.25) is 0 Å². The highest BCUT2D eigenvalue weighted by Gasteiger charge is 2.38. The molecule has 2 aromatic carbocycles. The van der Waals surface area contributed by atoms with Crippen molar-refractivity contribution in [3.8, 4) is 5.69 Å². The van der Waals surface area contributed by atoms with Crippen molar-refractivity contribution in [2.75, 3.05) is 12.4 Å². The van der Waals surface area contributed by atoms with Crippen LogP contribution in [0.15, 0.2) is 70.7 Å². The van der Waals surface area contributed by atoms with Gasteiger partial charge in [-0.3, -0.25) is 14.7 Å². The number of ketones is 1. The predicted octanol–water partition coefficient (Wildman–Crippen LogP) is 3.52. The lowest BCUT2D eigenvalue weighted by Gasteiger charge is -2.31. The number of anilines is 1. The van der Waals surface area contributed by atoms with Gasteiger partial charge in [-0.2, -0.15) is 0 Å². The molecule has 1 atom stereocenters. The zero-order valence-corrected chi connectivity index (χ0v) is 17.0. The van der Waals surface area contributed by atoms with E-state index in [0.29, 0.717) is 34.6 Å². The van der Waals surface area contributed by atoms with Gasteiger partial charge in [-0.05, 0) is 42.7 Å². The number of nitrogens with one attached hydrogen (secondary N) is 2. The van der Waals surface area contributed by atoms with E-state index < -0.39 is 11.9 Å². The molecule has 0 saturated carbocycles. The number of carbonyl (C=O) groups is 2. The zero-order valence-electron chi connectivity index (χ0n) is 17.0. The van der Waals surface area contributed by atoms with Gasteiger partial charge in [0.05, 0.1) is 23.9 Å². The number of fused-ring (bicyclic) bond motifs is 1. The molecule has 2 heterocycles. The Kier molecular flexibility index (Phi) is 4.58.